The van der Waals surface area contributed by atoms with Crippen molar-refractivity contribution >= 4 is 11.4 Å². The summed E-state index contributed by atoms with van der Waals surface area (Å²) < 4.78 is 0. The van der Waals surface area contributed by atoms with Crippen molar-refractivity contribution in [2.45, 2.75) is 0 Å². The average Bonchev–Trinajstić information content (AvgIpc) is 2.54. The third-order valence-corrected chi connectivity index (χ3v) is 2.96. The molecule has 3 rings (SSSR count). The van der Waals surface area contributed by atoms with Gasteiger partial charge in [-0.25, -0.2) is 0 Å². The Kier molecular flexibility index (Phi) is 1.60. The lowest BCUT2D eigenvalue weighted by atomic mass is 10.0. The van der Waals surface area contributed by atoms with Crippen LogP contribution >= 0.6 is 0 Å². The fourth-order valence-corrected chi connectivity index (χ4v) is 2.21. The maximum Gasteiger partial charge on any atom is 0.192 e. The van der Waals surface area contributed by atoms with Crippen LogP contribution in [-0.4, -0.2) is 24.3 Å². The number of hydrogen-bond donors (Lipinski definition) is 0. The Bertz CT molecular complexity index is 511. The van der Waals surface area contributed by atoms with Crippen molar-refractivity contribution in [3.63, 3.8) is 0 Å². The number of fused-ring (bicyclic) bond motifs is 2. The molecule has 0 unspecified atom stereocenters. The molecule has 1 aromatic carbocycles. The van der Waals surface area contributed by atoms with E-state index in [1.807, 2.05) is 48.5 Å². The lowest BCUT2D eigenvalue weighted by molar-refractivity contribution is 0.103. The summed E-state index contributed by atoms with van der Waals surface area (Å²) in [5.74, 6) is 0.191. The first-order valence-electron chi connectivity index (χ1n) is 5.03. The van der Waals surface area contributed by atoms with Crippen molar-refractivity contribution in [2.75, 3.05) is 13.6 Å². The predicted octanol–water partition coefficient (Wildman–Crippen LogP) is 2.10. The van der Waals surface area contributed by atoms with E-state index in [-0.39, 0.29) is 5.78 Å². The third kappa shape index (κ3) is 1.08. The Morgan fingerprint density at radius 1 is 1.20 bits per heavy atom. The predicted molar refractivity (Wildman–Crippen MR) is 59.5 cm³/mol. The largest absolute Gasteiger partial charge is 0.376 e. The summed E-state index contributed by atoms with van der Waals surface area (Å²) in [5, 5.41) is 0. The Hall–Kier alpha value is -1.83. The number of allylic oxidation sites excluding steroid dienone is 2. The van der Waals surface area contributed by atoms with Gasteiger partial charge >= 0.3 is 0 Å². The molecule has 0 bridgehead atoms. The van der Waals surface area contributed by atoms with Gasteiger partial charge in [-0.2, -0.15) is 0 Å². The molecule has 1 heterocycles. The monoisotopic (exact) mass is 197 g/mol. The van der Waals surface area contributed by atoms with E-state index in [9.17, 15) is 4.79 Å². The molecule has 0 N–H and O–H groups in total. The minimum absolute atomic E-state index is 0.191. The van der Waals surface area contributed by atoms with Crippen LogP contribution in [0.5, 0.6) is 0 Å². The van der Waals surface area contributed by atoms with Crippen LogP contribution in [0.4, 0.5) is 0 Å². The van der Waals surface area contributed by atoms with Crippen LogP contribution in [-0.2, 0) is 0 Å². The Morgan fingerprint density at radius 2 is 1.93 bits per heavy atom. The number of likely N-dealkylation sites (N-methyl/N-ethyl adjacent to an activating group) is 1. The lowest BCUT2D eigenvalue weighted by Crippen LogP contribution is -2.20. The Balaban J connectivity index is 2.21. The molecule has 0 saturated heterocycles. The highest BCUT2D eigenvalue weighted by molar-refractivity contribution is 6.22. The number of hydrogen-bond acceptors (Lipinski definition) is 2. The van der Waals surface area contributed by atoms with Gasteiger partial charge < -0.3 is 4.90 Å². The van der Waals surface area contributed by atoms with Gasteiger partial charge in [0.05, 0.1) is 0 Å². The van der Waals surface area contributed by atoms with Gasteiger partial charge in [0.2, 0.25) is 0 Å². The number of Topliss-reactive ketones (excluding diaryl/α,β-unsaturated/α-hetero) is 1. The summed E-state index contributed by atoms with van der Waals surface area (Å²) in [6.45, 7) is 0.722. The van der Waals surface area contributed by atoms with Crippen LogP contribution in [0.2, 0.25) is 0 Å². The number of carbonyl (C=O) groups excluding carboxylic acids is 1. The summed E-state index contributed by atoms with van der Waals surface area (Å²) in [6, 6.07) is 7.83. The number of nitrogens with zero attached hydrogens (tertiary/aromatic N) is 1. The van der Waals surface area contributed by atoms with E-state index < -0.39 is 0 Å². The first kappa shape index (κ1) is 8.48. The van der Waals surface area contributed by atoms with Gasteiger partial charge in [0, 0.05) is 24.7 Å². The van der Waals surface area contributed by atoms with Crippen molar-refractivity contribution in [3.05, 3.63) is 53.2 Å². The molecule has 2 aliphatic rings. The van der Waals surface area contributed by atoms with Crippen LogP contribution in [0.25, 0.3) is 5.57 Å². The number of benzene rings is 1. The van der Waals surface area contributed by atoms with Crippen molar-refractivity contribution in [2.24, 2.45) is 0 Å². The van der Waals surface area contributed by atoms with Gasteiger partial charge in [0.25, 0.3) is 0 Å². The fraction of sp³-hybridized carbons (Fsp3) is 0.154. The Morgan fingerprint density at radius 3 is 2.73 bits per heavy atom. The van der Waals surface area contributed by atoms with Crippen molar-refractivity contribution < 1.29 is 4.79 Å². The van der Waals surface area contributed by atoms with E-state index in [2.05, 4.69) is 0 Å². The zero-order valence-corrected chi connectivity index (χ0v) is 8.53. The molecule has 0 saturated carbocycles. The molecule has 0 fully saturated rings. The van der Waals surface area contributed by atoms with Crippen LogP contribution in [0.1, 0.15) is 15.9 Å². The SMILES string of the molecule is CN1C=CC2=C(C1)C(=O)c1ccccc12. The fourth-order valence-electron chi connectivity index (χ4n) is 2.21. The number of carbonyl (C=O) groups is 1. The quantitative estimate of drug-likeness (QED) is 0.634. The molecule has 2 heteroatoms. The maximum absolute atomic E-state index is 12.1. The second kappa shape index (κ2) is 2.83. The maximum atomic E-state index is 12.1. The number of rotatable bonds is 0. The summed E-state index contributed by atoms with van der Waals surface area (Å²) >= 11 is 0. The second-order valence-electron chi connectivity index (χ2n) is 4.00. The second-order valence-corrected chi connectivity index (χ2v) is 4.00. The van der Waals surface area contributed by atoms with Gasteiger partial charge in [-0.05, 0) is 23.4 Å². The smallest absolute Gasteiger partial charge is 0.192 e. The number of ketones is 1. The topological polar surface area (TPSA) is 20.3 Å². The Labute approximate surface area is 88.5 Å². The zero-order chi connectivity index (χ0) is 10.4. The van der Waals surface area contributed by atoms with E-state index in [1.165, 1.54) is 0 Å². The first-order chi connectivity index (χ1) is 7.27. The first-order valence-corrected chi connectivity index (χ1v) is 5.03. The van der Waals surface area contributed by atoms with Gasteiger partial charge in [-0.3, -0.25) is 4.79 Å². The molecule has 0 atom stereocenters. The minimum atomic E-state index is 0.191. The molecule has 0 spiro atoms. The third-order valence-electron chi connectivity index (χ3n) is 2.96. The molecule has 0 radical (unpaired) electrons. The molecule has 2 nitrogen and oxygen atoms in total. The van der Waals surface area contributed by atoms with Crippen LogP contribution in [0.15, 0.2) is 42.1 Å². The van der Waals surface area contributed by atoms with Crippen molar-refractivity contribution in [1.82, 2.24) is 4.90 Å². The molecule has 15 heavy (non-hydrogen) atoms. The molecular formula is C13H11NO. The van der Waals surface area contributed by atoms with Gasteiger partial charge in [0.15, 0.2) is 5.78 Å². The molecule has 1 aliphatic carbocycles. The summed E-state index contributed by atoms with van der Waals surface area (Å²) in [4.78, 5) is 14.1. The molecule has 1 aromatic rings. The van der Waals surface area contributed by atoms with E-state index in [0.717, 1.165) is 28.8 Å². The van der Waals surface area contributed by atoms with Crippen LogP contribution in [0.3, 0.4) is 0 Å². The van der Waals surface area contributed by atoms with Gasteiger partial charge in [-0.15, -0.1) is 0 Å². The van der Waals surface area contributed by atoms with E-state index in [0.29, 0.717) is 0 Å². The normalized spacial score (nSPS) is 18.2. The van der Waals surface area contributed by atoms with Gasteiger partial charge in [-0.1, -0.05) is 24.3 Å². The van der Waals surface area contributed by atoms with Crippen LogP contribution in [0, 0.1) is 0 Å². The van der Waals surface area contributed by atoms with Crippen LogP contribution < -0.4 is 0 Å². The molecule has 74 valence electrons. The highest BCUT2D eigenvalue weighted by Crippen LogP contribution is 2.35. The lowest BCUT2D eigenvalue weighted by Gasteiger charge is -2.19. The highest BCUT2D eigenvalue weighted by Gasteiger charge is 2.29. The van der Waals surface area contributed by atoms with E-state index in [1.54, 1.807) is 0 Å². The van der Waals surface area contributed by atoms with E-state index in [4.69, 9.17) is 0 Å². The summed E-state index contributed by atoms with van der Waals surface area (Å²) in [6.07, 6.45) is 4.05. The highest BCUT2D eigenvalue weighted by atomic mass is 16.1. The standard InChI is InChI=1S/C13H11NO/c1-14-7-6-10-9-4-2-3-5-11(9)13(15)12(10)8-14/h2-7H,8H2,1H3. The average molecular weight is 197 g/mol. The van der Waals surface area contributed by atoms with E-state index >= 15 is 0 Å². The molecular weight excluding hydrogens is 186 g/mol. The van der Waals surface area contributed by atoms with Crippen molar-refractivity contribution in [1.29, 1.82) is 0 Å². The summed E-state index contributed by atoms with van der Waals surface area (Å²) in [5.41, 5.74) is 3.97. The molecule has 1 aliphatic heterocycles. The molecule has 0 aromatic heterocycles. The minimum Gasteiger partial charge on any atom is -0.376 e. The van der Waals surface area contributed by atoms with Gasteiger partial charge in [0.1, 0.15) is 0 Å². The summed E-state index contributed by atoms with van der Waals surface area (Å²) in [7, 11) is 1.98. The zero-order valence-electron chi connectivity index (χ0n) is 8.53. The van der Waals surface area contributed by atoms with Crippen molar-refractivity contribution in [3.8, 4) is 0 Å². The molecule has 0 amide bonds.